The van der Waals surface area contributed by atoms with Gasteiger partial charge in [0.1, 0.15) is 30.7 Å². The highest BCUT2D eigenvalue weighted by Gasteiger charge is 2.40. The van der Waals surface area contributed by atoms with Crippen LogP contribution in [0.5, 0.6) is 5.75 Å². The van der Waals surface area contributed by atoms with Crippen molar-refractivity contribution in [3.05, 3.63) is 95.0 Å². The monoisotopic (exact) mass is 634 g/mol. The maximum absolute atomic E-state index is 14.3. The van der Waals surface area contributed by atoms with Crippen LogP contribution in [0.2, 0.25) is 0 Å². The first-order valence-electron chi connectivity index (χ1n) is 14.2. The summed E-state index contributed by atoms with van der Waals surface area (Å²) in [6, 6.07) is 20.7. The maximum Gasteiger partial charge on any atom is 0.459 e. The van der Waals surface area contributed by atoms with E-state index in [9.17, 15) is 19.3 Å². The van der Waals surface area contributed by atoms with Crippen LogP contribution >= 0.6 is 7.75 Å². The average Bonchev–Trinajstić information content (AvgIpc) is 3.62. The Morgan fingerprint density at radius 3 is 2.76 bits per heavy atom. The minimum Gasteiger partial charge on any atom is -0.460 e. The number of fused-ring (bicyclic) bond motifs is 2. The largest absolute Gasteiger partial charge is 0.460 e. The number of H-pyrrole nitrogens is 1. The molecule has 6 rings (SSSR count). The number of hydrogen-bond donors (Lipinski definition) is 4. The van der Waals surface area contributed by atoms with Gasteiger partial charge in [0.15, 0.2) is 11.2 Å². The molecule has 234 valence electrons. The number of anilines is 1. The molecule has 1 aliphatic heterocycles. The third-order valence-corrected chi connectivity index (χ3v) is 8.90. The number of aromatic nitrogens is 4. The Balaban J connectivity index is 1.19. The average molecular weight is 635 g/mol. The summed E-state index contributed by atoms with van der Waals surface area (Å²) >= 11 is 0. The molecule has 1 aliphatic rings. The summed E-state index contributed by atoms with van der Waals surface area (Å²) in [6.07, 6.45) is -1.32. The van der Waals surface area contributed by atoms with Crippen LogP contribution < -0.4 is 20.9 Å². The molecule has 1 saturated heterocycles. The zero-order chi connectivity index (χ0) is 31.6. The van der Waals surface area contributed by atoms with E-state index in [0.717, 1.165) is 10.9 Å². The van der Waals surface area contributed by atoms with Crippen molar-refractivity contribution in [2.75, 3.05) is 12.3 Å². The van der Waals surface area contributed by atoms with Crippen molar-refractivity contribution in [1.82, 2.24) is 24.6 Å². The Bertz CT molecular complexity index is 1930. The summed E-state index contributed by atoms with van der Waals surface area (Å²) in [4.78, 5) is 35.7. The molecular formula is C30H31N6O8P. The van der Waals surface area contributed by atoms with E-state index in [1.54, 1.807) is 12.1 Å². The third-order valence-electron chi connectivity index (χ3n) is 7.27. The highest BCUT2D eigenvalue weighted by Crippen LogP contribution is 2.47. The number of nitrogens with two attached hydrogens (primary N) is 1. The molecule has 0 aliphatic carbocycles. The summed E-state index contributed by atoms with van der Waals surface area (Å²) in [5.74, 6) is -0.504. The van der Waals surface area contributed by atoms with Crippen LogP contribution in [0, 0.1) is 0 Å². The fourth-order valence-electron chi connectivity index (χ4n) is 5.00. The third kappa shape index (κ3) is 6.75. The van der Waals surface area contributed by atoms with Gasteiger partial charge >= 0.3 is 13.7 Å². The smallest absolute Gasteiger partial charge is 0.459 e. The lowest BCUT2D eigenvalue weighted by Gasteiger charge is -2.25. The second kappa shape index (κ2) is 12.8. The number of imidazole rings is 1. The standard InChI is InChI=1S/C30H31N6O8P/c1-18(29(39)41-15-19-8-3-2-4-9-19)35-45(40,44-23-13-7-11-20-10-5-6-12-21(20)23)42-16-24-22(37)14-25(43-24)36-17-32-26-27(36)33-30(31)34-28(26)38/h2-13,17-18,22,24-25,37H,14-16H2,1H3,(H,35,40)(H3,31,33,34,38)/t18-,22+,24+,25+,45?/m0/s1. The van der Waals surface area contributed by atoms with Crippen LogP contribution in [0.15, 0.2) is 83.9 Å². The van der Waals surface area contributed by atoms with Crippen LogP contribution in [-0.2, 0) is 30.0 Å². The van der Waals surface area contributed by atoms with Gasteiger partial charge in [-0.1, -0.05) is 66.7 Å². The lowest BCUT2D eigenvalue weighted by Crippen LogP contribution is -2.36. The molecule has 15 heteroatoms. The highest BCUT2D eigenvalue weighted by molar-refractivity contribution is 7.52. The summed E-state index contributed by atoms with van der Waals surface area (Å²) in [5, 5.41) is 15.0. The van der Waals surface area contributed by atoms with Gasteiger partial charge in [-0.3, -0.25) is 23.7 Å². The van der Waals surface area contributed by atoms with E-state index in [4.69, 9.17) is 24.3 Å². The summed E-state index contributed by atoms with van der Waals surface area (Å²) in [7, 11) is -4.30. The first-order valence-corrected chi connectivity index (χ1v) is 15.7. The molecule has 14 nitrogen and oxygen atoms in total. The number of esters is 1. The van der Waals surface area contributed by atoms with E-state index in [1.165, 1.54) is 17.8 Å². The fourth-order valence-corrected chi connectivity index (χ4v) is 6.52. The number of nitrogens with zero attached hydrogens (tertiary/aromatic N) is 3. The van der Waals surface area contributed by atoms with E-state index >= 15 is 0 Å². The van der Waals surface area contributed by atoms with Gasteiger partial charge in [-0.05, 0) is 23.9 Å². The number of nitrogen functional groups attached to an aromatic ring is 1. The summed E-state index contributed by atoms with van der Waals surface area (Å²) < 4.78 is 39.0. The number of carbonyl (C=O) groups is 1. The Hall–Kier alpha value is -4.59. The molecule has 1 unspecified atom stereocenters. The number of benzene rings is 3. The normalized spacial score (nSPS) is 20.2. The van der Waals surface area contributed by atoms with Crippen molar-refractivity contribution in [2.24, 2.45) is 0 Å². The molecule has 3 heterocycles. The second-order valence-corrected chi connectivity index (χ2v) is 12.2. The first-order chi connectivity index (χ1) is 21.7. The van der Waals surface area contributed by atoms with Gasteiger partial charge in [-0.2, -0.15) is 10.1 Å². The number of aliphatic hydroxyl groups is 1. The molecule has 0 radical (unpaired) electrons. The van der Waals surface area contributed by atoms with Crippen LogP contribution in [-0.4, -0.2) is 55.5 Å². The van der Waals surface area contributed by atoms with Crippen molar-refractivity contribution < 1.29 is 33.0 Å². The molecule has 5 atom stereocenters. The zero-order valence-corrected chi connectivity index (χ0v) is 25.0. The molecule has 45 heavy (non-hydrogen) atoms. The van der Waals surface area contributed by atoms with Crippen molar-refractivity contribution >= 4 is 41.6 Å². The fraction of sp³-hybridized carbons (Fsp3) is 0.267. The molecule has 0 spiro atoms. The van der Waals surface area contributed by atoms with Crippen LogP contribution in [0.3, 0.4) is 0 Å². The molecule has 0 bridgehead atoms. The quantitative estimate of drug-likeness (QED) is 0.122. The minimum absolute atomic E-state index is 0.0276. The van der Waals surface area contributed by atoms with Gasteiger partial charge in [0, 0.05) is 11.8 Å². The maximum atomic E-state index is 14.3. The van der Waals surface area contributed by atoms with Crippen LogP contribution in [0.1, 0.15) is 25.1 Å². The van der Waals surface area contributed by atoms with Gasteiger partial charge in [0.25, 0.3) is 5.56 Å². The number of rotatable bonds is 11. The molecule has 5 aromatic rings. The Morgan fingerprint density at radius 1 is 1.18 bits per heavy atom. The molecule has 0 saturated carbocycles. The van der Waals surface area contributed by atoms with Crippen LogP contribution in [0.4, 0.5) is 5.95 Å². The van der Waals surface area contributed by atoms with Gasteiger partial charge in [0.05, 0.1) is 19.0 Å². The summed E-state index contributed by atoms with van der Waals surface area (Å²) in [5.41, 5.74) is 6.23. The topological polar surface area (TPSA) is 193 Å². The number of aromatic amines is 1. The van der Waals surface area contributed by atoms with Gasteiger partial charge in [0.2, 0.25) is 5.95 Å². The number of carbonyl (C=O) groups excluding carboxylic acids is 1. The van der Waals surface area contributed by atoms with Crippen LogP contribution in [0.25, 0.3) is 21.9 Å². The van der Waals surface area contributed by atoms with E-state index in [1.807, 2.05) is 60.7 Å². The lowest BCUT2D eigenvalue weighted by molar-refractivity contribution is -0.146. The van der Waals surface area contributed by atoms with Gasteiger partial charge < -0.3 is 24.8 Å². The van der Waals surface area contributed by atoms with Crippen molar-refractivity contribution in [3.63, 3.8) is 0 Å². The van der Waals surface area contributed by atoms with Gasteiger partial charge in [-0.15, -0.1) is 0 Å². The SMILES string of the molecule is C[C@H](NP(=O)(OC[C@H]1O[C@@H](n2cnc3c(=O)[nH]c(N)nc32)C[C@H]1O)Oc1cccc2ccccc12)C(=O)OCc1ccccc1. The molecule has 5 N–H and O–H groups in total. The Morgan fingerprint density at radius 2 is 1.93 bits per heavy atom. The van der Waals surface area contributed by atoms with E-state index < -0.39 is 43.8 Å². The Labute approximate surface area is 256 Å². The molecular weight excluding hydrogens is 603 g/mol. The first kappa shape index (κ1) is 30.4. The molecule has 1 fully saturated rings. The van der Waals surface area contributed by atoms with Crippen molar-refractivity contribution in [2.45, 2.75) is 44.4 Å². The molecule has 2 aromatic heterocycles. The predicted molar refractivity (Wildman–Crippen MR) is 164 cm³/mol. The summed E-state index contributed by atoms with van der Waals surface area (Å²) in [6.45, 7) is 1.14. The van der Waals surface area contributed by atoms with E-state index in [2.05, 4.69) is 20.0 Å². The highest BCUT2D eigenvalue weighted by atomic mass is 31.2. The number of hydrogen-bond acceptors (Lipinski definition) is 11. The van der Waals surface area contributed by atoms with Crippen molar-refractivity contribution in [1.29, 1.82) is 0 Å². The number of aliphatic hydroxyl groups excluding tert-OH is 1. The number of nitrogens with one attached hydrogen (secondary N) is 2. The number of ether oxygens (including phenoxy) is 2. The van der Waals surface area contributed by atoms with Gasteiger partial charge in [-0.25, -0.2) is 9.55 Å². The van der Waals surface area contributed by atoms with E-state index in [-0.39, 0.29) is 42.5 Å². The Kier molecular flexibility index (Phi) is 8.65. The minimum atomic E-state index is -4.30. The lowest BCUT2D eigenvalue weighted by atomic mass is 10.1. The van der Waals surface area contributed by atoms with E-state index in [0.29, 0.717) is 5.39 Å². The van der Waals surface area contributed by atoms with Crippen molar-refractivity contribution in [3.8, 4) is 5.75 Å². The molecule has 3 aromatic carbocycles. The second-order valence-electron chi connectivity index (χ2n) is 10.5. The predicted octanol–water partition coefficient (Wildman–Crippen LogP) is 3.43. The zero-order valence-electron chi connectivity index (χ0n) is 24.1. The molecule has 0 amide bonds.